The maximum atomic E-state index is 12.9. The number of nitrogens with zero attached hydrogens (tertiary/aromatic N) is 1. The lowest BCUT2D eigenvalue weighted by Crippen LogP contribution is -2.51. The molecule has 174 valence electrons. The number of nitrogens with one attached hydrogen (secondary N) is 3. The minimum absolute atomic E-state index is 0.0275. The summed E-state index contributed by atoms with van der Waals surface area (Å²) >= 11 is 0. The number of hydrogen-bond acceptors (Lipinski definition) is 5. The lowest BCUT2D eigenvalue weighted by Gasteiger charge is -2.23. The van der Waals surface area contributed by atoms with Gasteiger partial charge < -0.3 is 21.5 Å². The SMILES string of the molecule is C[C@H](NC(=O)[C@H]1C[C@H](c2ccccc2)CN1CC(=O)O)C(=O)NCc1ccc(C(=N)N)cc1. The molecule has 0 aliphatic carbocycles. The number of aliphatic carboxylic acids is 1. The van der Waals surface area contributed by atoms with Crippen LogP contribution in [-0.4, -0.2) is 58.8 Å². The molecule has 6 N–H and O–H groups in total. The van der Waals surface area contributed by atoms with Crippen LogP contribution in [-0.2, 0) is 20.9 Å². The van der Waals surface area contributed by atoms with Gasteiger partial charge in [0, 0.05) is 18.7 Å². The fourth-order valence-corrected chi connectivity index (χ4v) is 4.01. The van der Waals surface area contributed by atoms with Crippen molar-refractivity contribution in [3.63, 3.8) is 0 Å². The van der Waals surface area contributed by atoms with E-state index >= 15 is 0 Å². The molecule has 0 radical (unpaired) electrons. The van der Waals surface area contributed by atoms with Crippen molar-refractivity contribution in [2.75, 3.05) is 13.1 Å². The van der Waals surface area contributed by atoms with Crippen LogP contribution in [0, 0.1) is 5.41 Å². The summed E-state index contributed by atoms with van der Waals surface area (Å²) in [5.41, 5.74) is 7.93. The number of carboxylic acid groups (broad SMARTS) is 1. The van der Waals surface area contributed by atoms with Crippen LogP contribution in [0.15, 0.2) is 54.6 Å². The lowest BCUT2D eigenvalue weighted by atomic mass is 9.96. The highest BCUT2D eigenvalue weighted by atomic mass is 16.4. The van der Waals surface area contributed by atoms with E-state index in [1.165, 1.54) is 0 Å². The first kappa shape index (κ1) is 23.9. The van der Waals surface area contributed by atoms with E-state index < -0.39 is 18.1 Å². The molecule has 0 aromatic heterocycles. The Labute approximate surface area is 192 Å². The molecule has 0 bridgehead atoms. The van der Waals surface area contributed by atoms with E-state index in [1.807, 2.05) is 30.3 Å². The van der Waals surface area contributed by atoms with Gasteiger partial charge in [0.1, 0.15) is 11.9 Å². The number of likely N-dealkylation sites (tertiary alicyclic amines) is 1. The van der Waals surface area contributed by atoms with Gasteiger partial charge in [-0.05, 0) is 30.4 Å². The maximum absolute atomic E-state index is 12.9. The van der Waals surface area contributed by atoms with Gasteiger partial charge in [-0.25, -0.2) is 0 Å². The number of amides is 2. The standard InChI is InChI=1S/C24H29N5O4/c1-15(23(32)27-12-16-7-9-18(10-8-16)22(25)26)28-24(33)20-11-19(13-29(20)14-21(30)31)17-5-3-2-4-6-17/h2-10,15,19-20H,11-14H2,1H3,(H3,25,26)(H,27,32)(H,28,33)(H,30,31)/t15-,19-,20+/m0/s1. The molecule has 2 aromatic rings. The van der Waals surface area contributed by atoms with Gasteiger partial charge >= 0.3 is 5.97 Å². The first-order valence-electron chi connectivity index (χ1n) is 10.8. The highest BCUT2D eigenvalue weighted by Crippen LogP contribution is 2.31. The zero-order valence-electron chi connectivity index (χ0n) is 18.5. The van der Waals surface area contributed by atoms with Crippen molar-refractivity contribution in [1.82, 2.24) is 15.5 Å². The van der Waals surface area contributed by atoms with E-state index in [0.717, 1.165) is 11.1 Å². The number of carbonyl (C=O) groups excluding carboxylic acids is 2. The molecule has 9 heteroatoms. The molecular weight excluding hydrogens is 422 g/mol. The molecule has 0 spiro atoms. The van der Waals surface area contributed by atoms with Crippen LogP contribution in [0.3, 0.4) is 0 Å². The summed E-state index contributed by atoms with van der Waals surface area (Å²) < 4.78 is 0. The van der Waals surface area contributed by atoms with Gasteiger partial charge in [-0.15, -0.1) is 0 Å². The fourth-order valence-electron chi connectivity index (χ4n) is 4.01. The van der Waals surface area contributed by atoms with Crippen molar-refractivity contribution in [2.24, 2.45) is 5.73 Å². The number of amidine groups is 1. The monoisotopic (exact) mass is 451 g/mol. The molecule has 1 fully saturated rings. The van der Waals surface area contributed by atoms with Crippen LogP contribution >= 0.6 is 0 Å². The number of carbonyl (C=O) groups is 3. The molecule has 2 amide bonds. The quantitative estimate of drug-likeness (QED) is 0.284. The Hall–Kier alpha value is -3.72. The van der Waals surface area contributed by atoms with Crippen LogP contribution in [0.25, 0.3) is 0 Å². The lowest BCUT2D eigenvalue weighted by molar-refractivity contribution is -0.139. The average Bonchev–Trinajstić information content (AvgIpc) is 3.21. The van der Waals surface area contributed by atoms with Crippen LogP contribution in [0.5, 0.6) is 0 Å². The molecule has 1 aliphatic heterocycles. The number of rotatable bonds is 9. The van der Waals surface area contributed by atoms with Crippen molar-refractivity contribution in [3.05, 3.63) is 71.3 Å². The molecule has 1 saturated heterocycles. The van der Waals surface area contributed by atoms with Gasteiger partial charge in [-0.2, -0.15) is 0 Å². The molecule has 0 unspecified atom stereocenters. The topological polar surface area (TPSA) is 149 Å². The zero-order valence-corrected chi connectivity index (χ0v) is 18.5. The highest BCUT2D eigenvalue weighted by molar-refractivity contribution is 5.95. The number of nitrogens with two attached hydrogens (primary N) is 1. The summed E-state index contributed by atoms with van der Waals surface area (Å²) in [4.78, 5) is 38.4. The van der Waals surface area contributed by atoms with E-state index in [4.69, 9.17) is 11.1 Å². The van der Waals surface area contributed by atoms with Gasteiger partial charge in [0.05, 0.1) is 12.6 Å². The second-order valence-electron chi connectivity index (χ2n) is 8.24. The largest absolute Gasteiger partial charge is 0.480 e. The summed E-state index contributed by atoms with van der Waals surface area (Å²) in [7, 11) is 0. The van der Waals surface area contributed by atoms with Gasteiger partial charge in [-0.1, -0.05) is 54.6 Å². The molecule has 0 saturated carbocycles. The highest BCUT2D eigenvalue weighted by Gasteiger charge is 2.38. The first-order chi connectivity index (χ1) is 15.7. The van der Waals surface area contributed by atoms with Crippen molar-refractivity contribution in [1.29, 1.82) is 5.41 Å². The third kappa shape index (κ3) is 6.39. The first-order valence-corrected chi connectivity index (χ1v) is 10.8. The van der Waals surface area contributed by atoms with Crippen molar-refractivity contribution >= 4 is 23.6 Å². The second-order valence-corrected chi connectivity index (χ2v) is 8.24. The smallest absolute Gasteiger partial charge is 0.317 e. The van der Waals surface area contributed by atoms with Gasteiger partial charge in [0.25, 0.3) is 0 Å². The maximum Gasteiger partial charge on any atom is 0.317 e. The number of hydrogen-bond donors (Lipinski definition) is 5. The molecule has 3 atom stereocenters. The third-order valence-electron chi connectivity index (χ3n) is 5.80. The number of nitrogen functional groups attached to an aromatic ring is 1. The summed E-state index contributed by atoms with van der Waals surface area (Å²) in [5, 5.41) is 22.2. The van der Waals surface area contributed by atoms with E-state index in [1.54, 1.807) is 36.1 Å². The third-order valence-corrected chi connectivity index (χ3v) is 5.80. The van der Waals surface area contributed by atoms with Crippen LogP contribution < -0.4 is 16.4 Å². The summed E-state index contributed by atoms with van der Waals surface area (Å²) in [6, 6.07) is 15.2. The van der Waals surface area contributed by atoms with E-state index in [-0.39, 0.29) is 36.7 Å². The summed E-state index contributed by atoms with van der Waals surface area (Å²) in [5.74, 6) is -1.68. The Morgan fingerprint density at radius 1 is 1.15 bits per heavy atom. The zero-order chi connectivity index (χ0) is 24.0. The van der Waals surface area contributed by atoms with Crippen molar-refractivity contribution in [3.8, 4) is 0 Å². The number of benzene rings is 2. The van der Waals surface area contributed by atoms with Crippen LogP contribution in [0.2, 0.25) is 0 Å². The van der Waals surface area contributed by atoms with Gasteiger partial charge in [0.2, 0.25) is 11.8 Å². The molecule has 2 aromatic carbocycles. The van der Waals surface area contributed by atoms with Gasteiger partial charge in [-0.3, -0.25) is 24.7 Å². The number of carboxylic acids is 1. The van der Waals surface area contributed by atoms with E-state index in [0.29, 0.717) is 18.5 Å². The van der Waals surface area contributed by atoms with E-state index in [9.17, 15) is 19.5 Å². The Kier molecular flexibility index (Phi) is 7.78. The normalized spacial score (nSPS) is 18.9. The van der Waals surface area contributed by atoms with E-state index in [2.05, 4.69) is 10.6 Å². The summed E-state index contributed by atoms with van der Waals surface area (Å²) in [6.45, 7) is 2.09. The van der Waals surface area contributed by atoms with Crippen LogP contribution in [0.4, 0.5) is 0 Å². The molecule has 9 nitrogen and oxygen atoms in total. The molecular formula is C24H29N5O4. The van der Waals surface area contributed by atoms with Crippen LogP contribution in [0.1, 0.15) is 36.0 Å². The molecule has 1 heterocycles. The molecule has 3 rings (SSSR count). The second kappa shape index (κ2) is 10.7. The molecule has 33 heavy (non-hydrogen) atoms. The fraction of sp³-hybridized carbons (Fsp3) is 0.333. The average molecular weight is 452 g/mol. The Balaban J connectivity index is 1.57. The van der Waals surface area contributed by atoms with Crippen molar-refractivity contribution in [2.45, 2.75) is 37.9 Å². The minimum atomic E-state index is -0.997. The Morgan fingerprint density at radius 3 is 2.42 bits per heavy atom. The predicted octanol–water partition coefficient (Wildman–Crippen LogP) is 1.03. The van der Waals surface area contributed by atoms with Gasteiger partial charge in [0.15, 0.2) is 0 Å². The Bertz CT molecular complexity index is 1010. The summed E-state index contributed by atoms with van der Waals surface area (Å²) in [6.07, 6.45) is 0.486. The predicted molar refractivity (Wildman–Crippen MR) is 124 cm³/mol. The van der Waals surface area contributed by atoms with Crippen molar-refractivity contribution < 1.29 is 19.5 Å². The minimum Gasteiger partial charge on any atom is -0.480 e. The Morgan fingerprint density at radius 2 is 1.82 bits per heavy atom. The molecule has 1 aliphatic rings.